The van der Waals surface area contributed by atoms with Gasteiger partial charge in [-0.2, -0.15) is 0 Å². The second-order valence-electron chi connectivity index (χ2n) is 8.92. The van der Waals surface area contributed by atoms with E-state index < -0.39 is 0 Å². The van der Waals surface area contributed by atoms with Crippen LogP contribution in [0.3, 0.4) is 0 Å². The van der Waals surface area contributed by atoms with Crippen LogP contribution < -0.4 is 15.0 Å². The largest absolute Gasteiger partial charge is 0.494 e. The SMILES string of the molecule is CCCOc1ccc(C2=C(Nc3ccc(N4CCCCC4)cc3)C(=O)N(C(C)C)C2=O)cc1. The Balaban J connectivity index is 1.62. The quantitative estimate of drug-likeness (QED) is 0.573. The number of amides is 2. The van der Waals surface area contributed by atoms with Crippen molar-refractivity contribution in [1.29, 1.82) is 0 Å². The molecule has 2 amide bonds. The fourth-order valence-electron chi connectivity index (χ4n) is 4.39. The molecule has 174 valence electrons. The van der Waals surface area contributed by atoms with Crippen LogP contribution >= 0.6 is 0 Å². The van der Waals surface area contributed by atoms with Gasteiger partial charge in [-0.15, -0.1) is 0 Å². The number of carbonyl (C=O) groups excluding carboxylic acids is 2. The van der Waals surface area contributed by atoms with Gasteiger partial charge in [-0.3, -0.25) is 14.5 Å². The molecule has 2 aromatic carbocycles. The molecule has 2 aromatic rings. The summed E-state index contributed by atoms with van der Waals surface area (Å²) in [6, 6.07) is 15.3. The summed E-state index contributed by atoms with van der Waals surface area (Å²) >= 11 is 0. The minimum Gasteiger partial charge on any atom is -0.494 e. The van der Waals surface area contributed by atoms with E-state index in [9.17, 15) is 9.59 Å². The zero-order valence-corrected chi connectivity index (χ0v) is 19.8. The molecule has 2 heterocycles. The number of nitrogens with one attached hydrogen (secondary N) is 1. The van der Waals surface area contributed by atoms with E-state index >= 15 is 0 Å². The van der Waals surface area contributed by atoms with Gasteiger partial charge in [0.05, 0.1) is 12.2 Å². The molecule has 0 aliphatic carbocycles. The molecule has 0 saturated carbocycles. The number of ether oxygens (including phenoxy) is 1. The molecule has 1 fully saturated rings. The number of anilines is 2. The monoisotopic (exact) mass is 447 g/mol. The van der Waals surface area contributed by atoms with E-state index in [2.05, 4.69) is 29.3 Å². The van der Waals surface area contributed by atoms with E-state index in [1.54, 1.807) is 0 Å². The van der Waals surface area contributed by atoms with Gasteiger partial charge in [-0.05, 0) is 81.5 Å². The van der Waals surface area contributed by atoms with Gasteiger partial charge in [0.25, 0.3) is 11.8 Å². The predicted molar refractivity (Wildman–Crippen MR) is 132 cm³/mol. The third kappa shape index (κ3) is 4.90. The second-order valence-corrected chi connectivity index (χ2v) is 8.92. The highest BCUT2D eigenvalue weighted by Gasteiger charge is 2.40. The highest BCUT2D eigenvalue weighted by atomic mass is 16.5. The van der Waals surface area contributed by atoms with Crippen molar-refractivity contribution in [3.8, 4) is 5.75 Å². The topological polar surface area (TPSA) is 61.9 Å². The third-order valence-corrected chi connectivity index (χ3v) is 6.11. The third-order valence-electron chi connectivity index (χ3n) is 6.11. The molecule has 6 heteroatoms. The molecule has 0 atom stereocenters. The van der Waals surface area contributed by atoms with E-state index in [4.69, 9.17) is 4.74 Å². The standard InChI is InChI=1S/C27H33N3O3/c1-4-18-33-23-14-8-20(9-15-23)24-25(27(32)30(19(2)3)26(24)31)28-21-10-12-22(13-11-21)29-16-6-5-7-17-29/h8-15,19,28H,4-7,16-18H2,1-3H3. The Labute approximate surface area is 196 Å². The number of imide groups is 1. The van der Waals surface area contributed by atoms with E-state index in [1.807, 2.05) is 50.2 Å². The van der Waals surface area contributed by atoms with Gasteiger partial charge in [-0.25, -0.2) is 0 Å². The van der Waals surface area contributed by atoms with Crippen molar-refractivity contribution >= 4 is 28.8 Å². The maximum atomic E-state index is 13.2. The van der Waals surface area contributed by atoms with Gasteiger partial charge in [-0.1, -0.05) is 19.1 Å². The van der Waals surface area contributed by atoms with Gasteiger partial charge in [0.1, 0.15) is 11.4 Å². The summed E-state index contributed by atoms with van der Waals surface area (Å²) in [5.74, 6) is 0.183. The maximum Gasteiger partial charge on any atom is 0.278 e. The van der Waals surface area contributed by atoms with Crippen molar-refractivity contribution in [3.63, 3.8) is 0 Å². The van der Waals surface area contributed by atoms with Crippen LogP contribution in [0.15, 0.2) is 54.2 Å². The molecule has 0 bridgehead atoms. The Hall–Kier alpha value is -3.28. The first kappa shape index (κ1) is 22.9. The van der Waals surface area contributed by atoms with Gasteiger partial charge in [0.2, 0.25) is 0 Å². The lowest BCUT2D eigenvalue weighted by Crippen LogP contribution is -2.38. The highest BCUT2D eigenvalue weighted by Crippen LogP contribution is 2.33. The minimum atomic E-state index is -0.295. The van der Waals surface area contributed by atoms with Crippen LogP contribution in [0.5, 0.6) is 5.75 Å². The highest BCUT2D eigenvalue weighted by molar-refractivity contribution is 6.36. The molecule has 2 aliphatic heterocycles. The summed E-state index contributed by atoms with van der Waals surface area (Å²) in [6.45, 7) is 8.56. The number of hydrogen-bond acceptors (Lipinski definition) is 5. The summed E-state index contributed by atoms with van der Waals surface area (Å²) in [7, 11) is 0. The normalized spacial score (nSPS) is 16.7. The van der Waals surface area contributed by atoms with Crippen LogP contribution in [0, 0.1) is 0 Å². The van der Waals surface area contributed by atoms with Crippen LogP contribution in [0.1, 0.15) is 52.0 Å². The first-order valence-corrected chi connectivity index (χ1v) is 12.0. The van der Waals surface area contributed by atoms with Crippen molar-refractivity contribution < 1.29 is 14.3 Å². The van der Waals surface area contributed by atoms with Crippen LogP contribution in [-0.2, 0) is 9.59 Å². The average molecular weight is 448 g/mol. The molecular formula is C27H33N3O3. The van der Waals surface area contributed by atoms with Gasteiger partial charge in [0, 0.05) is 30.5 Å². The fraction of sp³-hybridized carbons (Fsp3) is 0.407. The summed E-state index contributed by atoms with van der Waals surface area (Å²) < 4.78 is 5.67. The van der Waals surface area contributed by atoms with Crippen molar-refractivity contribution in [1.82, 2.24) is 4.90 Å². The van der Waals surface area contributed by atoms with Crippen LogP contribution in [0.25, 0.3) is 5.57 Å². The molecule has 33 heavy (non-hydrogen) atoms. The maximum absolute atomic E-state index is 13.2. The number of nitrogens with zero attached hydrogens (tertiary/aromatic N) is 2. The van der Waals surface area contributed by atoms with Crippen molar-refractivity contribution in [3.05, 3.63) is 59.8 Å². The average Bonchev–Trinajstić information content (AvgIpc) is 3.08. The zero-order chi connectivity index (χ0) is 23.4. The number of hydrogen-bond donors (Lipinski definition) is 1. The smallest absolute Gasteiger partial charge is 0.278 e. The number of rotatable bonds is 8. The van der Waals surface area contributed by atoms with Gasteiger partial charge < -0.3 is 15.0 Å². The second kappa shape index (κ2) is 10.1. The summed E-state index contributed by atoms with van der Waals surface area (Å²) in [6.07, 6.45) is 4.66. The Morgan fingerprint density at radius 2 is 1.58 bits per heavy atom. The lowest BCUT2D eigenvalue weighted by molar-refractivity contribution is -0.138. The molecule has 2 aliphatic rings. The fourth-order valence-corrected chi connectivity index (χ4v) is 4.39. The molecule has 6 nitrogen and oxygen atoms in total. The molecule has 0 radical (unpaired) electrons. The molecule has 0 aromatic heterocycles. The summed E-state index contributed by atoms with van der Waals surface area (Å²) in [5.41, 5.74) is 3.40. The molecular weight excluding hydrogens is 414 g/mol. The summed E-state index contributed by atoms with van der Waals surface area (Å²) in [5, 5.41) is 3.25. The van der Waals surface area contributed by atoms with Gasteiger partial charge >= 0.3 is 0 Å². The van der Waals surface area contributed by atoms with E-state index in [0.717, 1.165) is 30.9 Å². The lowest BCUT2D eigenvalue weighted by atomic mass is 10.0. The Morgan fingerprint density at radius 3 is 2.18 bits per heavy atom. The molecule has 0 spiro atoms. The van der Waals surface area contributed by atoms with Crippen LogP contribution in [-0.4, -0.2) is 42.5 Å². The number of piperidine rings is 1. The Kier molecular flexibility index (Phi) is 7.02. The number of benzene rings is 2. The first-order valence-electron chi connectivity index (χ1n) is 12.0. The molecule has 1 N–H and O–H groups in total. The molecule has 1 saturated heterocycles. The van der Waals surface area contributed by atoms with Crippen molar-refractivity contribution in [2.45, 2.75) is 52.5 Å². The first-order chi connectivity index (χ1) is 16.0. The molecule has 0 unspecified atom stereocenters. The van der Waals surface area contributed by atoms with E-state index in [-0.39, 0.29) is 17.9 Å². The van der Waals surface area contributed by atoms with E-state index in [1.165, 1.54) is 29.8 Å². The minimum absolute atomic E-state index is 0.229. The lowest BCUT2D eigenvalue weighted by Gasteiger charge is -2.28. The van der Waals surface area contributed by atoms with Crippen molar-refractivity contribution in [2.24, 2.45) is 0 Å². The van der Waals surface area contributed by atoms with Gasteiger partial charge in [0.15, 0.2) is 0 Å². The van der Waals surface area contributed by atoms with Crippen LogP contribution in [0.4, 0.5) is 11.4 Å². The van der Waals surface area contributed by atoms with E-state index in [0.29, 0.717) is 23.4 Å². The Morgan fingerprint density at radius 1 is 0.909 bits per heavy atom. The summed E-state index contributed by atoms with van der Waals surface area (Å²) in [4.78, 5) is 30.2. The molecule has 4 rings (SSSR count). The predicted octanol–water partition coefficient (Wildman–Crippen LogP) is 5.07. The van der Waals surface area contributed by atoms with Crippen molar-refractivity contribution in [2.75, 3.05) is 29.9 Å². The zero-order valence-electron chi connectivity index (χ0n) is 19.8. The Bertz CT molecular complexity index is 1020. The van der Waals surface area contributed by atoms with Crippen LogP contribution in [0.2, 0.25) is 0 Å². The number of carbonyl (C=O) groups is 2.